The predicted molar refractivity (Wildman–Crippen MR) is 315 cm³/mol. The molecule has 14 rings (SSSR count). The molecule has 14 aromatic rings. The van der Waals surface area contributed by atoms with Crippen LogP contribution < -0.4 is 4.90 Å². The van der Waals surface area contributed by atoms with E-state index >= 15 is 0 Å². The Morgan fingerprint density at radius 2 is 0.600 bits per heavy atom. The van der Waals surface area contributed by atoms with E-state index in [1.165, 1.54) is 60.8 Å². The van der Waals surface area contributed by atoms with E-state index in [4.69, 9.17) is 4.42 Å². The molecule has 3 nitrogen and oxygen atoms in total. The molecule has 0 bridgehead atoms. The number of furan rings is 1. The second kappa shape index (κ2) is 18.6. The number of hydrogen-bond acceptors (Lipinski definition) is 2. The third-order valence-corrected chi connectivity index (χ3v) is 14.8. The van der Waals surface area contributed by atoms with Crippen molar-refractivity contribution in [3.05, 3.63) is 291 Å². The zero-order chi connectivity index (χ0) is 49.7. The van der Waals surface area contributed by atoms with Crippen LogP contribution in [0.5, 0.6) is 0 Å². The fourth-order valence-corrected chi connectivity index (χ4v) is 11.0. The lowest BCUT2D eigenvalue weighted by Crippen LogP contribution is -2.09. The first-order chi connectivity index (χ1) is 37.1. The summed E-state index contributed by atoms with van der Waals surface area (Å²) in [6.07, 6.45) is 0. The third-order valence-electron chi connectivity index (χ3n) is 14.8. The van der Waals surface area contributed by atoms with Crippen molar-refractivity contribution >= 4 is 60.8 Å². The molecule has 0 saturated heterocycles. The zero-order valence-corrected chi connectivity index (χ0v) is 41.0. The molecule has 0 aliphatic carbocycles. The summed E-state index contributed by atoms with van der Waals surface area (Å²) < 4.78 is 8.64. The Hall–Kier alpha value is -9.96. The molecule has 0 aliphatic heterocycles. The molecule has 0 amide bonds. The summed E-state index contributed by atoms with van der Waals surface area (Å²) in [4.78, 5) is 2.32. The van der Waals surface area contributed by atoms with Gasteiger partial charge in [0.05, 0.1) is 11.0 Å². The summed E-state index contributed by atoms with van der Waals surface area (Å²) in [5.41, 5.74) is 22.7. The van der Waals surface area contributed by atoms with Crippen LogP contribution in [0.3, 0.4) is 0 Å². The van der Waals surface area contributed by atoms with Crippen LogP contribution in [0.2, 0.25) is 0 Å². The Morgan fingerprint density at radius 1 is 0.227 bits per heavy atom. The maximum absolute atomic E-state index is 6.27. The van der Waals surface area contributed by atoms with Gasteiger partial charge in [-0.1, -0.05) is 188 Å². The first-order valence-electron chi connectivity index (χ1n) is 25.6. The number of para-hydroxylation sites is 4. The summed E-state index contributed by atoms with van der Waals surface area (Å²) in [5, 5.41) is 4.71. The van der Waals surface area contributed by atoms with E-state index < -0.39 is 0 Å². The van der Waals surface area contributed by atoms with Gasteiger partial charge in [-0.15, -0.1) is 0 Å². The van der Waals surface area contributed by atoms with Crippen LogP contribution in [0.15, 0.2) is 296 Å². The van der Waals surface area contributed by atoms with Crippen molar-refractivity contribution in [3.8, 4) is 72.4 Å². The standard InChI is InChI=1S/C72H48N2O/c1-4-14-49(15-5-1)53-32-38-63(39-33-53)73(61-16-6-2-7-17-61)64-40-34-54(35-41-64)52-26-24-50(25-27-52)51-28-30-55(31-29-51)58-44-59(46-60(45-58)57-37-43-72-68(48-57)66-21-11-13-23-71(66)75-72)56-36-42-70-67(47-56)65-20-10-12-22-69(65)74(70)62-18-8-3-9-19-62/h1-48H. The minimum absolute atomic E-state index is 0.894. The van der Waals surface area contributed by atoms with Gasteiger partial charge in [0.25, 0.3) is 0 Å². The molecule has 3 heteroatoms. The fraction of sp³-hybridized carbons (Fsp3) is 0. The van der Waals surface area contributed by atoms with Gasteiger partial charge in [-0.2, -0.15) is 0 Å². The summed E-state index contributed by atoms with van der Waals surface area (Å²) in [5.74, 6) is 0. The third kappa shape index (κ3) is 8.14. The molecule has 0 unspecified atom stereocenters. The first-order valence-corrected chi connectivity index (χ1v) is 25.6. The minimum atomic E-state index is 0.894. The van der Waals surface area contributed by atoms with Gasteiger partial charge in [0, 0.05) is 44.3 Å². The molecule has 12 aromatic carbocycles. The van der Waals surface area contributed by atoms with Crippen LogP contribution in [-0.4, -0.2) is 4.57 Å². The molecule has 0 spiro atoms. The van der Waals surface area contributed by atoms with Crippen LogP contribution in [-0.2, 0) is 0 Å². The molecular weight excluding hydrogens is 909 g/mol. The van der Waals surface area contributed by atoms with Crippen molar-refractivity contribution in [1.82, 2.24) is 4.57 Å². The van der Waals surface area contributed by atoms with Crippen molar-refractivity contribution < 1.29 is 4.42 Å². The maximum Gasteiger partial charge on any atom is 0.135 e. The molecule has 2 heterocycles. The smallest absolute Gasteiger partial charge is 0.135 e. The van der Waals surface area contributed by atoms with Crippen LogP contribution in [0.4, 0.5) is 17.1 Å². The quantitative estimate of drug-likeness (QED) is 0.136. The topological polar surface area (TPSA) is 21.3 Å². The Bertz CT molecular complexity index is 4350. The van der Waals surface area contributed by atoms with E-state index in [0.29, 0.717) is 0 Å². The molecule has 75 heavy (non-hydrogen) atoms. The van der Waals surface area contributed by atoms with Gasteiger partial charge in [0.15, 0.2) is 0 Å². The fourth-order valence-electron chi connectivity index (χ4n) is 11.0. The highest BCUT2D eigenvalue weighted by Crippen LogP contribution is 2.41. The van der Waals surface area contributed by atoms with Crippen LogP contribution >= 0.6 is 0 Å². The van der Waals surface area contributed by atoms with Crippen molar-refractivity contribution in [2.24, 2.45) is 0 Å². The van der Waals surface area contributed by atoms with Crippen molar-refractivity contribution in [2.45, 2.75) is 0 Å². The lowest BCUT2D eigenvalue weighted by molar-refractivity contribution is 0.669. The van der Waals surface area contributed by atoms with Crippen LogP contribution in [0.1, 0.15) is 0 Å². The SMILES string of the molecule is c1ccc(-c2ccc(N(c3ccccc3)c3ccc(-c4ccc(-c5ccc(-c6cc(-c7ccc8oc9ccccc9c8c7)cc(-c7ccc8c(c7)c7ccccc7n8-c7ccccc7)c6)cc5)cc4)cc3)cc2)cc1. The van der Waals surface area contributed by atoms with E-state index in [1.54, 1.807) is 0 Å². The minimum Gasteiger partial charge on any atom is -0.456 e. The Labute approximate surface area is 436 Å². The normalized spacial score (nSPS) is 11.5. The molecule has 0 aliphatic rings. The van der Waals surface area contributed by atoms with E-state index in [0.717, 1.165) is 72.5 Å². The number of nitrogens with zero attached hydrogens (tertiary/aromatic N) is 2. The van der Waals surface area contributed by atoms with Crippen molar-refractivity contribution in [1.29, 1.82) is 0 Å². The highest BCUT2D eigenvalue weighted by molar-refractivity contribution is 6.11. The highest BCUT2D eigenvalue weighted by atomic mass is 16.3. The molecule has 2 aromatic heterocycles. The molecule has 0 atom stereocenters. The van der Waals surface area contributed by atoms with E-state index in [1.807, 2.05) is 12.1 Å². The summed E-state index contributed by atoms with van der Waals surface area (Å²) >= 11 is 0. The highest BCUT2D eigenvalue weighted by Gasteiger charge is 2.17. The van der Waals surface area contributed by atoms with Gasteiger partial charge in [0.2, 0.25) is 0 Å². The van der Waals surface area contributed by atoms with E-state index in [-0.39, 0.29) is 0 Å². The first kappa shape index (κ1) is 43.8. The van der Waals surface area contributed by atoms with Gasteiger partial charge in [0.1, 0.15) is 11.2 Å². The average molecular weight is 957 g/mol. The Kier molecular flexibility index (Phi) is 10.8. The van der Waals surface area contributed by atoms with Gasteiger partial charge < -0.3 is 13.9 Å². The zero-order valence-electron chi connectivity index (χ0n) is 41.0. The molecule has 0 fully saturated rings. The molecule has 0 N–H and O–H groups in total. The van der Waals surface area contributed by atoms with Gasteiger partial charge in [-0.25, -0.2) is 0 Å². The van der Waals surface area contributed by atoms with Crippen LogP contribution in [0.25, 0.3) is 116 Å². The number of rotatable bonds is 10. The number of fused-ring (bicyclic) bond motifs is 6. The predicted octanol–water partition coefficient (Wildman–Crippen LogP) is 20.2. The summed E-state index contributed by atoms with van der Waals surface area (Å²) in [6.45, 7) is 0. The largest absolute Gasteiger partial charge is 0.456 e. The van der Waals surface area contributed by atoms with Gasteiger partial charge in [-0.05, 0) is 170 Å². The molecular formula is C72H48N2O. The number of aromatic nitrogens is 1. The number of hydrogen-bond donors (Lipinski definition) is 0. The van der Waals surface area contributed by atoms with Gasteiger partial charge >= 0.3 is 0 Å². The van der Waals surface area contributed by atoms with E-state index in [9.17, 15) is 0 Å². The Balaban J connectivity index is 0.782. The Morgan fingerprint density at radius 3 is 1.19 bits per heavy atom. The van der Waals surface area contributed by atoms with E-state index in [2.05, 4.69) is 289 Å². The summed E-state index contributed by atoms with van der Waals surface area (Å²) in [6, 6.07) is 105. The number of anilines is 3. The monoisotopic (exact) mass is 956 g/mol. The van der Waals surface area contributed by atoms with Crippen LogP contribution in [0, 0.1) is 0 Å². The lowest BCUT2D eigenvalue weighted by Gasteiger charge is -2.26. The summed E-state index contributed by atoms with van der Waals surface area (Å²) in [7, 11) is 0. The molecule has 352 valence electrons. The molecule has 0 saturated carbocycles. The van der Waals surface area contributed by atoms with Crippen molar-refractivity contribution in [2.75, 3.05) is 4.90 Å². The maximum atomic E-state index is 6.27. The second-order valence-corrected chi connectivity index (χ2v) is 19.3. The lowest BCUT2D eigenvalue weighted by atomic mass is 9.91. The second-order valence-electron chi connectivity index (χ2n) is 19.3. The van der Waals surface area contributed by atoms with Gasteiger partial charge in [-0.3, -0.25) is 0 Å². The number of benzene rings is 12. The molecule has 0 radical (unpaired) electrons. The van der Waals surface area contributed by atoms with Crippen molar-refractivity contribution in [3.63, 3.8) is 0 Å². The average Bonchev–Trinajstić information content (AvgIpc) is 4.04.